The summed E-state index contributed by atoms with van der Waals surface area (Å²) in [6.45, 7) is 8.09. The van der Waals surface area contributed by atoms with Gasteiger partial charge in [-0.25, -0.2) is 15.0 Å². The largest absolute Gasteiger partial charge is 0.349 e. The first-order valence-electron chi connectivity index (χ1n) is 11.9. The first-order chi connectivity index (χ1) is 16.3. The van der Waals surface area contributed by atoms with E-state index in [0.717, 1.165) is 43.9 Å². The molecule has 1 aromatic carbocycles. The smallest absolute Gasteiger partial charge is 0.255 e. The molecule has 8 heteroatoms. The second-order valence-corrected chi connectivity index (χ2v) is 10.0. The Balaban J connectivity index is 1.44. The summed E-state index contributed by atoms with van der Waals surface area (Å²) in [5.41, 5.74) is 3.94. The SMILES string of the molecule is CC(C)(C)c1nccc(Nc2nc(Nc3ccc4c(c3)CNCC4)ccc2C(=O)NC2CC2)n1. The molecule has 1 saturated carbocycles. The molecular formula is C26H31N7O. The monoisotopic (exact) mass is 457 g/mol. The van der Waals surface area contributed by atoms with Gasteiger partial charge in [0.05, 0.1) is 5.56 Å². The number of hydrogen-bond donors (Lipinski definition) is 4. The van der Waals surface area contributed by atoms with Gasteiger partial charge in [-0.1, -0.05) is 26.8 Å². The summed E-state index contributed by atoms with van der Waals surface area (Å²) < 4.78 is 0. The molecule has 1 aliphatic heterocycles. The van der Waals surface area contributed by atoms with Gasteiger partial charge in [-0.05, 0) is 67.3 Å². The Labute approximate surface area is 200 Å². The number of nitrogens with one attached hydrogen (secondary N) is 4. The predicted molar refractivity (Wildman–Crippen MR) is 134 cm³/mol. The zero-order valence-corrected chi connectivity index (χ0v) is 19.9. The van der Waals surface area contributed by atoms with Crippen molar-refractivity contribution in [1.82, 2.24) is 25.6 Å². The molecule has 0 spiro atoms. The summed E-state index contributed by atoms with van der Waals surface area (Å²) in [7, 11) is 0. The number of carbonyl (C=O) groups is 1. The van der Waals surface area contributed by atoms with Crippen LogP contribution >= 0.6 is 0 Å². The molecular weight excluding hydrogens is 426 g/mol. The van der Waals surface area contributed by atoms with Gasteiger partial charge in [-0.2, -0.15) is 0 Å². The Bertz CT molecular complexity index is 1210. The van der Waals surface area contributed by atoms with Crippen LogP contribution in [0.2, 0.25) is 0 Å². The molecule has 4 N–H and O–H groups in total. The molecule has 8 nitrogen and oxygen atoms in total. The van der Waals surface area contributed by atoms with Crippen molar-refractivity contribution in [2.24, 2.45) is 0 Å². The summed E-state index contributed by atoms with van der Waals surface area (Å²) in [4.78, 5) is 26.7. The van der Waals surface area contributed by atoms with Crippen LogP contribution in [0.25, 0.3) is 0 Å². The molecule has 5 rings (SSSR count). The zero-order valence-electron chi connectivity index (χ0n) is 19.9. The summed E-state index contributed by atoms with van der Waals surface area (Å²) in [5, 5.41) is 13.1. The number of amides is 1. The number of hydrogen-bond acceptors (Lipinski definition) is 7. The summed E-state index contributed by atoms with van der Waals surface area (Å²) >= 11 is 0. The highest BCUT2D eigenvalue weighted by atomic mass is 16.1. The van der Waals surface area contributed by atoms with Crippen molar-refractivity contribution in [3.8, 4) is 0 Å². The molecule has 0 radical (unpaired) electrons. The average Bonchev–Trinajstić information content (AvgIpc) is 3.63. The molecule has 34 heavy (non-hydrogen) atoms. The van der Waals surface area contributed by atoms with Crippen LogP contribution in [-0.2, 0) is 18.4 Å². The van der Waals surface area contributed by atoms with E-state index in [-0.39, 0.29) is 17.4 Å². The molecule has 0 atom stereocenters. The maximum Gasteiger partial charge on any atom is 0.255 e. The summed E-state index contributed by atoms with van der Waals surface area (Å²) in [6.07, 6.45) is 4.82. The van der Waals surface area contributed by atoms with Crippen molar-refractivity contribution < 1.29 is 4.79 Å². The summed E-state index contributed by atoms with van der Waals surface area (Å²) in [6, 6.07) is 12.1. The van der Waals surface area contributed by atoms with Gasteiger partial charge in [0.15, 0.2) is 0 Å². The van der Waals surface area contributed by atoms with Crippen molar-refractivity contribution in [3.05, 3.63) is 65.1 Å². The molecule has 1 aliphatic carbocycles. The number of anilines is 4. The van der Waals surface area contributed by atoms with Gasteiger partial charge in [0.2, 0.25) is 0 Å². The van der Waals surface area contributed by atoms with Crippen LogP contribution in [0.1, 0.15) is 60.9 Å². The van der Waals surface area contributed by atoms with E-state index >= 15 is 0 Å². The maximum atomic E-state index is 12.9. The lowest BCUT2D eigenvalue weighted by Gasteiger charge is -2.19. The third-order valence-corrected chi connectivity index (χ3v) is 5.99. The van der Waals surface area contributed by atoms with Crippen molar-refractivity contribution in [3.63, 3.8) is 0 Å². The van der Waals surface area contributed by atoms with Crippen LogP contribution in [0.4, 0.5) is 23.1 Å². The minimum absolute atomic E-state index is 0.131. The normalized spacial score (nSPS) is 15.4. The van der Waals surface area contributed by atoms with E-state index in [4.69, 9.17) is 4.98 Å². The first-order valence-corrected chi connectivity index (χ1v) is 11.9. The first kappa shape index (κ1) is 22.3. The second kappa shape index (κ2) is 9.02. The van der Waals surface area contributed by atoms with Crippen LogP contribution in [0, 0.1) is 0 Å². The molecule has 1 fully saturated rings. The number of benzene rings is 1. The lowest BCUT2D eigenvalue weighted by molar-refractivity contribution is 0.0951. The second-order valence-electron chi connectivity index (χ2n) is 10.0. The molecule has 0 unspecified atom stereocenters. The minimum atomic E-state index is -0.192. The van der Waals surface area contributed by atoms with Crippen molar-refractivity contribution in [2.45, 2.75) is 58.0 Å². The topological polar surface area (TPSA) is 104 Å². The number of pyridine rings is 1. The highest BCUT2D eigenvalue weighted by Gasteiger charge is 2.26. The van der Waals surface area contributed by atoms with E-state index in [0.29, 0.717) is 23.0 Å². The third-order valence-electron chi connectivity index (χ3n) is 5.99. The molecule has 3 aromatic rings. The Morgan fingerprint density at radius 1 is 1.00 bits per heavy atom. The van der Waals surface area contributed by atoms with E-state index in [1.807, 2.05) is 6.07 Å². The van der Waals surface area contributed by atoms with Gasteiger partial charge in [-0.3, -0.25) is 4.79 Å². The van der Waals surface area contributed by atoms with Crippen LogP contribution in [0.15, 0.2) is 42.6 Å². The number of aromatic nitrogens is 3. The molecule has 1 amide bonds. The molecule has 0 saturated heterocycles. The average molecular weight is 458 g/mol. The van der Waals surface area contributed by atoms with Crippen LogP contribution in [-0.4, -0.2) is 33.4 Å². The highest BCUT2D eigenvalue weighted by molar-refractivity contribution is 6.00. The fourth-order valence-electron chi connectivity index (χ4n) is 3.92. The lowest BCUT2D eigenvalue weighted by atomic mass is 9.96. The number of rotatable bonds is 6. The van der Waals surface area contributed by atoms with E-state index in [1.165, 1.54) is 11.1 Å². The minimum Gasteiger partial charge on any atom is -0.349 e. The molecule has 0 bridgehead atoms. The van der Waals surface area contributed by atoms with Crippen LogP contribution in [0.5, 0.6) is 0 Å². The molecule has 2 aliphatic rings. The Hall–Kier alpha value is -3.52. The standard InChI is InChI=1S/C26H31N7O/c1-26(2,3)25-28-13-11-22(33-25)32-23-20(24(34)30-18-6-7-18)8-9-21(31-23)29-19-5-4-16-10-12-27-15-17(16)14-19/h4-5,8-9,11,13-14,18,27H,6-7,10,12,15H2,1-3H3,(H,30,34)(H2,28,29,31,32,33). The maximum absolute atomic E-state index is 12.9. The Kier molecular flexibility index (Phi) is 5.91. The van der Waals surface area contributed by atoms with Crippen molar-refractivity contribution in [1.29, 1.82) is 0 Å². The van der Waals surface area contributed by atoms with Gasteiger partial charge < -0.3 is 21.3 Å². The zero-order chi connectivity index (χ0) is 23.7. The van der Waals surface area contributed by atoms with Gasteiger partial charge in [0.1, 0.15) is 23.3 Å². The number of fused-ring (bicyclic) bond motifs is 1. The van der Waals surface area contributed by atoms with Crippen LogP contribution < -0.4 is 21.3 Å². The van der Waals surface area contributed by atoms with E-state index in [1.54, 1.807) is 18.3 Å². The lowest BCUT2D eigenvalue weighted by Crippen LogP contribution is -2.26. The molecule has 2 aromatic heterocycles. The Morgan fingerprint density at radius 3 is 2.62 bits per heavy atom. The van der Waals surface area contributed by atoms with Gasteiger partial charge in [0.25, 0.3) is 5.91 Å². The predicted octanol–water partition coefficient (Wildman–Crippen LogP) is 4.19. The quantitative estimate of drug-likeness (QED) is 0.440. The van der Waals surface area contributed by atoms with Crippen molar-refractivity contribution in [2.75, 3.05) is 17.2 Å². The molecule has 3 heterocycles. The van der Waals surface area contributed by atoms with E-state index in [9.17, 15) is 4.79 Å². The fourth-order valence-corrected chi connectivity index (χ4v) is 3.92. The summed E-state index contributed by atoms with van der Waals surface area (Å²) in [5.74, 6) is 2.30. The van der Waals surface area contributed by atoms with Crippen molar-refractivity contribution >= 4 is 29.0 Å². The highest BCUT2D eigenvalue weighted by Crippen LogP contribution is 2.27. The van der Waals surface area contributed by atoms with Gasteiger partial charge in [0, 0.05) is 29.9 Å². The third kappa shape index (κ3) is 5.17. The number of nitrogens with zero attached hydrogens (tertiary/aromatic N) is 3. The fraction of sp³-hybridized carbons (Fsp3) is 0.385. The van der Waals surface area contributed by atoms with E-state index in [2.05, 4.69) is 70.2 Å². The molecule has 176 valence electrons. The number of carbonyl (C=O) groups excluding carboxylic acids is 1. The Morgan fingerprint density at radius 2 is 1.82 bits per heavy atom. The van der Waals surface area contributed by atoms with Gasteiger partial charge in [-0.15, -0.1) is 0 Å². The van der Waals surface area contributed by atoms with Gasteiger partial charge >= 0.3 is 0 Å². The van der Waals surface area contributed by atoms with Crippen LogP contribution in [0.3, 0.4) is 0 Å². The van der Waals surface area contributed by atoms with E-state index < -0.39 is 0 Å².